The fourth-order valence-electron chi connectivity index (χ4n) is 7.90. The second-order valence-electron chi connectivity index (χ2n) is 9.73. The first-order chi connectivity index (χ1) is 11.8. The topological polar surface area (TPSA) is 17.1 Å². The Morgan fingerprint density at radius 3 is 2.40 bits per heavy atom. The maximum absolute atomic E-state index is 13.8. The van der Waals surface area contributed by atoms with Crippen molar-refractivity contribution in [3.63, 3.8) is 0 Å². The molecule has 2 unspecified atom stereocenters. The summed E-state index contributed by atoms with van der Waals surface area (Å²) in [5, 5.41) is 0. The first-order valence-electron chi connectivity index (χ1n) is 10.4. The monoisotopic (exact) mass is 338 g/mol. The van der Waals surface area contributed by atoms with Gasteiger partial charge in [-0.1, -0.05) is 53.3 Å². The van der Waals surface area contributed by atoms with Gasteiger partial charge in [-0.05, 0) is 83.8 Å². The van der Waals surface area contributed by atoms with Crippen LogP contribution in [0.1, 0.15) is 72.1 Å². The van der Waals surface area contributed by atoms with Crippen molar-refractivity contribution < 1.29 is 4.79 Å². The molecular weight excluding hydrogens is 304 g/mol. The number of allylic oxidation sites excluding steroid dienone is 3. The van der Waals surface area contributed by atoms with Gasteiger partial charge in [-0.2, -0.15) is 0 Å². The van der Waals surface area contributed by atoms with E-state index in [1.807, 2.05) is 0 Å². The van der Waals surface area contributed by atoms with Crippen LogP contribution in [0.3, 0.4) is 0 Å². The van der Waals surface area contributed by atoms with Gasteiger partial charge in [0.15, 0.2) is 5.78 Å². The summed E-state index contributed by atoms with van der Waals surface area (Å²) in [7, 11) is 0. The predicted octanol–water partition coefficient (Wildman–Crippen LogP) is 6.27. The minimum atomic E-state index is -0.374. The SMILES string of the molecule is C=C1C(=O)[C@@]23CC[C@@H](CC2[C@]2(CC)CCC[C@@](C)(CC)C12)C(=C)C3=C. The van der Waals surface area contributed by atoms with E-state index >= 15 is 0 Å². The molecule has 1 nitrogen and oxygen atoms in total. The van der Waals surface area contributed by atoms with Crippen molar-refractivity contribution in [2.24, 2.45) is 34.0 Å². The standard InChI is InChI=1S/C24H34O/c1-7-22(6)11-9-12-23(8-2)19-14-18-10-13-24(19,17(5)15(18)3)21(25)16(4)20(22)23/h18-20H,3-5,7-14H2,1-2,6H3/t18-,19?,20?,22+,23-,24+/m0/s1. The van der Waals surface area contributed by atoms with Crippen LogP contribution in [0.25, 0.3) is 0 Å². The van der Waals surface area contributed by atoms with Crippen LogP contribution in [0.2, 0.25) is 0 Å². The number of ketones is 1. The number of hydrogen-bond donors (Lipinski definition) is 0. The van der Waals surface area contributed by atoms with Crippen molar-refractivity contribution in [3.05, 3.63) is 36.5 Å². The molecule has 0 heterocycles. The van der Waals surface area contributed by atoms with Gasteiger partial charge < -0.3 is 0 Å². The van der Waals surface area contributed by atoms with Crippen LogP contribution in [0, 0.1) is 34.0 Å². The van der Waals surface area contributed by atoms with Crippen LogP contribution in [-0.4, -0.2) is 5.78 Å². The van der Waals surface area contributed by atoms with E-state index in [1.54, 1.807) is 0 Å². The first-order valence-corrected chi connectivity index (χ1v) is 10.4. The highest BCUT2D eigenvalue weighted by atomic mass is 16.1. The van der Waals surface area contributed by atoms with Gasteiger partial charge in [-0.15, -0.1) is 0 Å². The van der Waals surface area contributed by atoms with E-state index in [0.717, 1.165) is 36.8 Å². The van der Waals surface area contributed by atoms with Gasteiger partial charge in [0.25, 0.3) is 0 Å². The number of carbonyl (C=O) groups excluding carboxylic acids is 1. The molecule has 6 atom stereocenters. The van der Waals surface area contributed by atoms with Gasteiger partial charge in [0.05, 0.1) is 5.41 Å². The highest BCUT2D eigenvalue weighted by molar-refractivity contribution is 6.04. The van der Waals surface area contributed by atoms with Crippen molar-refractivity contribution in [3.8, 4) is 0 Å². The zero-order valence-electron chi connectivity index (χ0n) is 16.4. The molecule has 5 aliphatic carbocycles. The van der Waals surface area contributed by atoms with Gasteiger partial charge in [0.1, 0.15) is 0 Å². The van der Waals surface area contributed by atoms with E-state index < -0.39 is 0 Å². The Morgan fingerprint density at radius 2 is 1.76 bits per heavy atom. The molecule has 0 aromatic heterocycles. The molecule has 1 spiro atoms. The third-order valence-electron chi connectivity index (χ3n) is 9.29. The lowest BCUT2D eigenvalue weighted by Gasteiger charge is -2.69. The van der Waals surface area contributed by atoms with Crippen LogP contribution in [0.4, 0.5) is 0 Å². The number of carbonyl (C=O) groups is 1. The van der Waals surface area contributed by atoms with E-state index in [9.17, 15) is 4.79 Å². The predicted molar refractivity (Wildman–Crippen MR) is 104 cm³/mol. The van der Waals surface area contributed by atoms with Gasteiger partial charge in [-0.3, -0.25) is 4.79 Å². The zero-order valence-corrected chi connectivity index (χ0v) is 16.4. The first kappa shape index (κ1) is 17.3. The Bertz CT molecular complexity index is 684. The molecule has 0 aromatic rings. The van der Waals surface area contributed by atoms with Crippen LogP contribution in [-0.2, 0) is 4.79 Å². The summed E-state index contributed by atoms with van der Waals surface area (Å²) in [4.78, 5) is 13.8. The number of rotatable bonds is 2. The smallest absolute Gasteiger partial charge is 0.169 e. The molecule has 0 aromatic carbocycles. The lowest BCUT2D eigenvalue weighted by molar-refractivity contribution is -0.163. The minimum absolute atomic E-state index is 0.220. The number of Topliss-reactive ketones (excluding diaryl/α,β-unsaturated/α-hetero) is 1. The fraction of sp³-hybridized carbons (Fsp3) is 0.708. The third-order valence-corrected chi connectivity index (χ3v) is 9.29. The summed E-state index contributed by atoms with van der Waals surface area (Å²) >= 11 is 0. The molecule has 2 bridgehead atoms. The van der Waals surface area contributed by atoms with Crippen LogP contribution < -0.4 is 0 Å². The summed E-state index contributed by atoms with van der Waals surface area (Å²) < 4.78 is 0. The zero-order chi connectivity index (χ0) is 18.2. The van der Waals surface area contributed by atoms with Crippen LogP contribution in [0.5, 0.6) is 0 Å². The second kappa shape index (κ2) is 5.21. The molecule has 0 aliphatic heterocycles. The molecule has 0 saturated heterocycles. The molecule has 0 radical (unpaired) electrons. The van der Waals surface area contributed by atoms with Gasteiger partial charge >= 0.3 is 0 Å². The highest BCUT2D eigenvalue weighted by Gasteiger charge is 2.70. The second-order valence-corrected chi connectivity index (χ2v) is 9.73. The molecule has 5 fully saturated rings. The number of fused-ring (bicyclic) bond motifs is 3. The van der Waals surface area contributed by atoms with Crippen molar-refractivity contribution in [2.75, 3.05) is 0 Å². The van der Waals surface area contributed by atoms with Gasteiger partial charge in [0, 0.05) is 0 Å². The normalized spacial score (nSPS) is 49.2. The summed E-state index contributed by atoms with van der Waals surface area (Å²) in [6.07, 6.45) is 9.34. The molecule has 1 heteroatoms. The Morgan fingerprint density at radius 1 is 1.04 bits per heavy atom. The lowest BCUT2D eigenvalue weighted by Crippen LogP contribution is -2.65. The minimum Gasteiger partial charge on any atom is -0.294 e. The average Bonchev–Trinajstić information content (AvgIpc) is 2.63. The molecule has 5 rings (SSSR count). The Balaban J connectivity index is 1.94. The Labute approximate surface area is 153 Å². The van der Waals surface area contributed by atoms with E-state index in [2.05, 4.69) is 40.5 Å². The average molecular weight is 339 g/mol. The molecule has 5 saturated carbocycles. The fourth-order valence-corrected chi connectivity index (χ4v) is 7.90. The summed E-state index contributed by atoms with van der Waals surface area (Å²) in [6, 6.07) is 0. The summed E-state index contributed by atoms with van der Waals surface area (Å²) in [6.45, 7) is 20.3. The van der Waals surface area contributed by atoms with Crippen molar-refractivity contribution >= 4 is 5.78 Å². The maximum Gasteiger partial charge on any atom is 0.169 e. The summed E-state index contributed by atoms with van der Waals surface area (Å²) in [5.41, 5.74) is 3.25. The molecule has 136 valence electrons. The number of hydrogen-bond acceptors (Lipinski definition) is 1. The van der Waals surface area contributed by atoms with Gasteiger partial charge in [0.2, 0.25) is 0 Å². The molecule has 0 amide bonds. The van der Waals surface area contributed by atoms with Crippen LogP contribution >= 0.6 is 0 Å². The van der Waals surface area contributed by atoms with Crippen molar-refractivity contribution in [2.45, 2.75) is 72.1 Å². The van der Waals surface area contributed by atoms with E-state index in [4.69, 9.17) is 0 Å². The third kappa shape index (κ3) is 1.78. The van der Waals surface area contributed by atoms with Crippen molar-refractivity contribution in [1.29, 1.82) is 0 Å². The lowest BCUT2D eigenvalue weighted by atomic mass is 9.34. The van der Waals surface area contributed by atoms with E-state index in [1.165, 1.54) is 31.3 Å². The van der Waals surface area contributed by atoms with Crippen molar-refractivity contribution in [1.82, 2.24) is 0 Å². The van der Waals surface area contributed by atoms with E-state index in [0.29, 0.717) is 23.5 Å². The molecular formula is C24H34O. The highest BCUT2D eigenvalue weighted by Crippen LogP contribution is 2.74. The molecule has 5 aliphatic rings. The van der Waals surface area contributed by atoms with Crippen LogP contribution in [0.15, 0.2) is 36.5 Å². The Kier molecular flexibility index (Phi) is 3.61. The van der Waals surface area contributed by atoms with Gasteiger partial charge in [-0.25, -0.2) is 0 Å². The molecule has 25 heavy (non-hydrogen) atoms. The quantitative estimate of drug-likeness (QED) is 0.543. The Hall–Kier alpha value is -1.11. The largest absolute Gasteiger partial charge is 0.294 e. The molecule has 0 N–H and O–H groups in total. The summed E-state index contributed by atoms with van der Waals surface area (Å²) in [5.74, 6) is 1.69. The maximum atomic E-state index is 13.8. The van der Waals surface area contributed by atoms with E-state index in [-0.39, 0.29) is 16.2 Å².